The lowest BCUT2D eigenvalue weighted by Gasteiger charge is -2.35. The molecule has 2 aliphatic rings. The summed E-state index contributed by atoms with van der Waals surface area (Å²) in [5.74, 6) is 0.130. The van der Waals surface area contributed by atoms with Gasteiger partial charge in [-0.25, -0.2) is 0 Å². The third-order valence-corrected chi connectivity index (χ3v) is 6.49. The van der Waals surface area contributed by atoms with Crippen molar-refractivity contribution in [3.05, 3.63) is 35.9 Å². The molecule has 1 saturated heterocycles. The zero-order valence-corrected chi connectivity index (χ0v) is 17.8. The normalized spacial score (nSPS) is 23.4. The average Bonchev–Trinajstić information content (AvgIpc) is 3.13. The van der Waals surface area contributed by atoms with Crippen LogP contribution in [0.1, 0.15) is 56.3 Å². The van der Waals surface area contributed by atoms with Crippen molar-refractivity contribution >= 4 is 17.7 Å². The Morgan fingerprint density at radius 1 is 1.03 bits per heavy atom. The summed E-state index contributed by atoms with van der Waals surface area (Å²) in [5.41, 5.74) is 0.624. The topological polar surface area (TPSA) is 60.9 Å². The number of carbonyl (C=O) groups excluding carboxylic acids is 3. The van der Waals surface area contributed by atoms with E-state index in [9.17, 15) is 14.4 Å². The minimum atomic E-state index is -0.481. The van der Waals surface area contributed by atoms with E-state index in [1.165, 1.54) is 4.90 Å². The summed E-state index contributed by atoms with van der Waals surface area (Å²) < 4.78 is 0. The van der Waals surface area contributed by atoms with Crippen LogP contribution in [-0.4, -0.2) is 71.2 Å². The molecule has 1 saturated carbocycles. The van der Waals surface area contributed by atoms with Gasteiger partial charge >= 0.3 is 0 Å². The number of benzene rings is 1. The first-order chi connectivity index (χ1) is 14.0. The van der Waals surface area contributed by atoms with Gasteiger partial charge in [-0.05, 0) is 51.2 Å². The van der Waals surface area contributed by atoms with Gasteiger partial charge in [0.05, 0.1) is 6.54 Å². The van der Waals surface area contributed by atoms with E-state index in [0.717, 1.165) is 25.7 Å². The molecule has 0 N–H and O–H groups in total. The Balaban J connectivity index is 1.80. The van der Waals surface area contributed by atoms with Crippen LogP contribution in [0.2, 0.25) is 0 Å². The second-order valence-electron chi connectivity index (χ2n) is 8.20. The third kappa shape index (κ3) is 4.46. The van der Waals surface area contributed by atoms with E-state index in [0.29, 0.717) is 31.0 Å². The van der Waals surface area contributed by atoms with Gasteiger partial charge in [0.25, 0.3) is 5.91 Å². The zero-order chi connectivity index (χ0) is 21.0. The fraction of sp³-hybridized carbons (Fsp3) is 0.609. The maximum Gasteiger partial charge on any atom is 0.254 e. The van der Waals surface area contributed by atoms with Gasteiger partial charge in [0.2, 0.25) is 11.8 Å². The van der Waals surface area contributed by atoms with Crippen molar-refractivity contribution in [3.63, 3.8) is 0 Å². The second-order valence-corrected chi connectivity index (χ2v) is 8.20. The van der Waals surface area contributed by atoms with Crippen LogP contribution in [0.5, 0.6) is 0 Å². The van der Waals surface area contributed by atoms with Gasteiger partial charge in [-0.3, -0.25) is 14.4 Å². The first-order valence-electron chi connectivity index (χ1n) is 10.9. The summed E-state index contributed by atoms with van der Waals surface area (Å²) in [4.78, 5) is 44.2. The zero-order valence-electron chi connectivity index (χ0n) is 17.8. The highest BCUT2D eigenvalue weighted by molar-refractivity contribution is 5.98. The number of likely N-dealkylation sites (N-methyl/N-ethyl adjacent to an activating group) is 2. The largest absolute Gasteiger partial charge is 0.342 e. The van der Waals surface area contributed by atoms with Crippen LogP contribution >= 0.6 is 0 Å². The van der Waals surface area contributed by atoms with Crippen molar-refractivity contribution in [1.29, 1.82) is 0 Å². The van der Waals surface area contributed by atoms with E-state index in [-0.39, 0.29) is 30.3 Å². The molecular weight excluding hydrogens is 366 g/mol. The highest BCUT2D eigenvalue weighted by Gasteiger charge is 2.48. The molecule has 1 aromatic rings. The Kier molecular flexibility index (Phi) is 6.93. The third-order valence-electron chi connectivity index (χ3n) is 6.49. The number of carbonyl (C=O) groups is 3. The number of likely N-dealkylation sites (tertiary alicyclic amines) is 1. The SMILES string of the molecule is CCN(CC)C(=O)CN(C)C(=O)C1CC2CCCCC2N1C(=O)c1ccccc1. The lowest BCUT2D eigenvalue weighted by molar-refractivity contribution is -0.141. The number of nitrogens with zero attached hydrogens (tertiary/aromatic N) is 3. The molecule has 1 aliphatic carbocycles. The lowest BCUT2D eigenvalue weighted by atomic mass is 9.84. The predicted molar refractivity (Wildman–Crippen MR) is 112 cm³/mol. The fourth-order valence-electron chi connectivity index (χ4n) is 4.91. The Morgan fingerprint density at radius 3 is 2.34 bits per heavy atom. The lowest BCUT2D eigenvalue weighted by Crippen LogP contribution is -2.51. The Hall–Kier alpha value is -2.37. The molecule has 3 rings (SSSR count). The average molecular weight is 400 g/mol. The summed E-state index contributed by atoms with van der Waals surface area (Å²) in [6.45, 7) is 5.18. The molecule has 3 atom stereocenters. The van der Waals surface area contributed by atoms with Gasteiger partial charge in [-0.1, -0.05) is 31.0 Å². The summed E-state index contributed by atoms with van der Waals surface area (Å²) in [6.07, 6.45) is 4.97. The highest BCUT2D eigenvalue weighted by atomic mass is 16.2. The molecule has 0 radical (unpaired) electrons. The van der Waals surface area contributed by atoms with Crippen molar-refractivity contribution in [3.8, 4) is 0 Å². The van der Waals surface area contributed by atoms with Crippen LogP contribution in [0, 0.1) is 5.92 Å². The van der Waals surface area contributed by atoms with Crippen LogP contribution in [0.25, 0.3) is 0 Å². The van der Waals surface area contributed by atoms with E-state index in [1.54, 1.807) is 11.9 Å². The van der Waals surface area contributed by atoms with Crippen LogP contribution in [0.3, 0.4) is 0 Å². The molecule has 1 aromatic carbocycles. The van der Waals surface area contributed by atoms with E-state index in [4.69, 9.17) is 0 Å². The number of fused-ring (bicyclic) bond motifs is 1. The molecule has 0 spiro atoms. The molecular formula is C23H33N3O3. The first kappa shape index (κ1) is 21.3. The smallest absolute Gasteiger partial charge is 0.254 e. The molecule has 29 heavy (non-hydrogen) atoms. The van der Waals surface area contributed by atoms with Gasteiger partial charge in [0.1, 0.15) is 6.04 Å². The molecule has 0 bridgehead atoms. The van der Waals surface area contributed by atoms with E-state index in [2.05, 4.69) is 0 Å². The fourth-order valence-corrected chi connectivity index (χ4v) is 4.91. The van der Waals surface area contributed by atoms with E-state index in [1.807, 2.05) is 49.1 Å². The second kappa shape index (κ2) is 9.42. The number of rotatable bonds is 6. The molecule has 3 amide bonds. The molecule has 1 heterocycles. The van der Waals surface area contributed by atoms with E-state index < -0.39 is 6.04 Å². The van der Waals surface area contributed by atoms with Crippen molar-refractivity contribution < 1.29 is 14.4 Å². The standard InChI is InChI=1S/C23H33N3O3/c1-4-25(5-2)21(27)16-24(3)23(29)20-15-18-13-9-10-14-19(18)26(20)22(28)17-11-7-6-8-12-17/h6-8,11-12,18-20H,4-5,9-10,13-16H2,1-3H3. The Bertz CT molecular complexity index is 732. The van der Waals surface area contributed by atoms with Crippen molar-refractivity contribution in [2.75, 3.05) is 26.7 Å². The quantitative estimate of drug-likeness (QED) is 0.739. The van der Waals surface area contributed by atoms with E-state index >= 15 is 0 Å². The monoisotopic (exact) mass is 399 g/mol. The van der Waals surface area contributed by atoms with Crippen LogP contribution in [0.4, 0.5) is 0 Å². The molecule has 158 valence electrons. The minimum Gasteiger partial charge on any atom is -0.342 e. The van der Waals surface area contributed by atoms with Crippen LogP contribution < -0.4 is 0 Å². The van der Waals surface area contributed by atoms with Crippen molar-refractivity contribution in [1.82, 2.24) is 14.7 Å². The van der Waals surface area contributed by atoms with Crippen molar-refractivity contribution in [2.24, 2.45) is 5.92 Å². The molecule has 6 nitrogen and oxygen atoms in total. The number of hydrogen-bond donors (Lipinski definition) is 0. The summed E-state index contributed by atoms with van der Waals surface area (Å²) in [7, 11) is 1.68. The Morgan fingerprint density at radius 2 is 1.69 bits per heavy atom. The molecule has 0 aromatic heterocycles. The highest BCUT2D eigenvalue weighted by Crippen LogP contribution is 2.41. The number of hydrogen-bond acceptors (Lipinski definition) is 3. The number of amides is 3. The van der Waals surface area contributed by atoms with Gasteiger partial charge in [-0.15, -0.1) is 0 Å². The minimum absolute atomic E-state index is 0.0535. The summed E-state index contributed by atoms with van der Waals surface area (Å²) in [6, 6.07) is 8.86. The van der Waals surface area contributed by atoms with Crippen molar-refractivity contribution in [2.45, 2.75) is 58.0 Å². The van der Waals surface area contributed by atoms with Crippen LogP contribution in [0.15, 0.2) is 30.3 Å². The summed E-state index contributed by atoms with van der Waals surface area (Å²) >= 11 is 0. The molecule has 1 aliphatic heterocycles. The maximum atomic E-state index is 13.3. The summed E-state index contributed by atoms with van der Waals surface area (Å²) in [5, 5.41) is 0. The predicted octanol–water partition coefficient (Wildman–Crippen LogP) is 2.79. The first-order valence-corrected chi connectivity index (χ1v) is 10.9. The van der Waals surface area contributed by atoms with Crippen LogP contribution in [-0.2, 0) is 9.59 Å². The molecule has 6 heteroatoms. The van der Waals surface area contributed by atoms with Gasteiger partial charge < -0.3 is 14.7 Å². The maximum absolute atomic E-state index is 13.3. The molecule has 2 fully saturated rings. The molecule has 3 unspecified atom stereocenters. The van der Waals surface area contributed by atoms with Gasteiger partial charge in [0, 0.05) is 31.7 Å². The van der Waals surface area contributed by atoms with Gasteiger partial charge in [0.15, 0.2) is 0 Å². The van der Waals surface area contributed by atoms with Gasteiger partial charge in [-0.2, -0.15) is 0 Å². The Labute approximate surface area is 173 Å².